The zero-order valence-electron chi connectivity index (χ0n) is 20.1. The largest absolute Gasteiger partial charge is 0.462 e. The van der Waals surface area contributed by atoms with Crippen molar-refractivity contribution >= 4 is 40.7 Å². The van der Waals surface area contributed by atoms with E-state index in [-0.39, 0.29) is 28.7 Å². The second-order valence-corrected chi connectivity index (χ2v) is 8.40. The quantitative estimate of drug-likeness (QED) is 0.0909. The van der Waals surface area contributed by atoms with Gasteiger partial charge in [0.1, 0.15) is 16.0 Å². The van der Waals surface area contributed by atoms with E-state index in [0.29, 0.717) is 5.57 Å². The van der Waals surface area contributed by atoms with Crippen molar-refractivity contribution in [2.75, 3.05) is 19.7 Å². The molecular formula is C27H34N2NiO2S2. The van der Waals surface area contributed by atoms with Gasteiger partial charge in [-0.1, -0.05) is 99.6 Å². The van der Waals surface area contributed by atoms with Gasteiger partial charge in [-0.05, 0) is 30.9 Å². The maximum absolute atomic E-state index is 12.1. The van der Waals surface area contributed by atoms with Gasteiger partial charge in [0.15, 0.2) is 0 Å². The molecule has 0 spiro atoms. The van der Waals surface area contributed by atoms with E-state index in [4.69, 9.17) is 17.0 Å². The van der Waals surface area contributed by atoms with Crippen molar-refractivity contribution in [1.82, 2.24) is 4.90 Å². The van der Waals surface area contributed by atoms with Crippen LogP contribution in [0.3, 0.4) is 0 Å². The molecule has 0 amide bonds. The monoisotopic (exact) mass is 540 g/mol. The Labute approximate surface area is 225 Å². The Morgan fingerprint density at radius 1 is 0.941 bits per heavy atom. The molecule has 7 heteroatoms. The van der Waals surface area contributed by atoms with Crippen LogP contribution >= 0.6 is 24.8 Å². The number of carbonyl (C=O) groups is 1. The second-order valence-electron chi connectivity index (χ2n) is 7.29. The van der Waals surface area contributed by atoms with Crippen LogP contribution in [0, 0.1) is 11.3 Å². The van der Waals surface area contributed by atoms with Gasteiger partial charge in [-0.2, -0.15) is 5.26 Å². The number of rotatable bonds is 10. The van der Waals surface area contributed by atoms with Gasteiger partial charge in [-0.3, -0.25) is 0 Å². The number of nitriles is 1. The molecule has 0 fully saturated rings. The maximum atomic E-state index is 12.1. The van der Waals surface area contributed by atoms with E-state index in [1.165, 1.54) is 25.7 Å². The average Bonchev–Trinajstić information content (AvgIpc) is 2.84. The fourth-order valence-corrected chi connectivity index (χ4v) is 3.46. The first kappa shape index (κ1) is 31.9. The summed E-state index contributed by atoms with van der Waals surface area (Å²) >= 11 is 9.23. The van der Waals surface area contributed by atoms with Crippen LogP contribution in [0.1, 0.15) is 57.6 Å². The molecule has 2 rings (SSSR count). The van der Waals surface area contributed by atoms with E-state index in [2.05, 4.69) is 31.4 Å². The molecule has 186 valence electrons. The van der Waals surface area contributed by atoms with E-state index in [9.17, 15) is 10.1 Å². The molecule has 2 aromatic rings. The van der Waals surface area contributed by atoms with Crippen LogP contribution < -0.4 is 0 Å². The Kier molecular flexibility index (Phi) is 18.0. The SMILES string of the molecule is CCCCN(CCCC)C(=S)S.CCOC(=O)C(C#N)=C(c1ccccc1)c1ccccc1.[Ni]. The Bertz CT molecular complexity index is 879. The first-order chi connectivity index (χ1) is 16.0. The Balaban J connectivity index is 0.000000723. The molecule has 0 aliphatic heterocycles. The minimum absolute atomic E-state index is 0. The van der Waals surface area contributed by atoms with E-state index >= 15 is 0 Å². The molecule has 0 saturated heterocycles. The summed E-state index contributed by atoms with van der Waals surface area (Å²) in [5.74, 6) is -0.595. The smallest absolute Gasteiger partial charge is 0.349 e. The summed E-state index contributed by atoms with van der Waals surface area (Å²) in [6, 6.07) is 20.8. The van der Waals surface area contributed by atoms with Crippen LogP contribution in [-0.2, 0) is 26.0 Å². The molecule has 0 bridgehead atoms. The topological polar surface area (TPSA) is 53.3 Å². The molecule has 0 aliphatic rings. The third-order valence-corrected chi connectivity index (χ3v) is 5.34. The summed E-state index contributed by atoms with van der Waals surface area (Å²) < 4.78 is 5.75. The third-order valence-electron chi connectivity index (χ3n) is 4.80. The molecule has 2 aromatic carbocycles. The Morgan fingerprint density at radius 2 is 1.38 bits per heavy atom. The minimum atomic E-state index is -0.595. The number of thiol groups is 1. The summed E-state index contributed by atoms with van der Waals surface area (Å²) in [5, 5.41) is 9.41. The van der Waals surface area contributed by atoms with E-state index in [0.717, 1.165) is 28.5 Å². The summed E-state index contributed by atoms with van der Waals surface area (Å²) in [7, 11) is 0. The van der Waals surface area contributed by atoms with Crippen molar-refractivity contribution in [3.8, 4) is 6.07 Å². The van der Waals surface area contributed by atoms with Gasteiger partial charge in [0.05, 0.1) is 6.61 Å². The maximum Gasteiger partial charge on any atom is 0.349 e. The molecule has 0 heterocycles. The molecular weight excluding hydrogens is 507 g/mol. The van der Waals surface area contributed by atoms with Crippen LogP contribution in [-0.4, -0.2) is 34.9 Å². The summed E-state index contributed by atoms with van der Waals surface area (Å²) in [5.41, 5.74) is 2.24. The van der Waals surface area contributed by atoms with Gasteiger partial charge < -0.3 is 9.64 Å². The van der Waals surface area contributed by atoms with Crippen LogP contribution in [0.4, 0.5) is 0 Å². The first-order valence-electron chi connectivity index (χ1n) is 11.4. The number of thiocarbonyl (C=S) groups is 1. The van der Waals surface area contributed by atoms with E-state index < -0.39 is 5.97 Å². The molecule has 34 heavy (non-hydrogen) atoms. The number of benzene rings is 2. The number of hydrogen-bond acceptors (Lipinski definition) is 4. The molecule has 0 aliphatic carbocycles. The number of carbonyl (C=O) groups excluding carboxylic acids is 1. The molecule has 0 N–H and O–H groups in total. The van der Waals surface area contributed by atoms with E-state index in [1.54, 1.807) is 6.92 Å². The van der Waals surface area contributed by atoms with Crippen molar-refractivity contribution in [3.05, 3.63) is 77.4 Å². The first-order valence-corrected chi connectivity index (χ1v) is 12.3. The van der Waals surface area contributed by atoms with Crippen molar-refractivity contribution in [2.45, 2.75) is 46.5 Å². The van der Waals surface area contributed by atoms with Crippen LogP contribution in [0.25, 0.3) is 5.57 Å². The number of esters is 1. The van der Waals surface area contributed by atoms with Gasteiger partial charge in [0.25, 0.3) is 0 Å². The number of nitrogens with zero attached hydrogens (tertiary/aromatic N) is 2. The summed E-state index contributed by atoms with van der Waals surface area (Å²) in [6.07, 6.45) is 4.87. The zero-order valence-corrected chi connectivity index (χ0v) is 22.8. The predicted octanol–water partition coefficient (Wildman–Crippen LogP) is 6.68. The molecule has 0 aromatic heterocycles. The minimum Gasteiger partial charge on any atom is -0.462 e. The number of unbranched alkanes of at least 4 members (excludes halogenated alkanes) is 2. The molecule has 0 radical (unpaired) electrons. The Morgan fingerprint density at radius 3 is 1.71 bits per heavy atom. The van der Waals surface area contributed by atoms with Crippen LogP contribution in [0.15, 0.2) is 66.2 Å². The molecule has 0 saturated carbocycles. The summed E-state index contributed by atoms with van der Waals surface area (Å²) in [4.78, 5) is 14.2. The normalized spacial score (nSPS) is 9.38. The third kappa shape index (κ3) is 11.3. The molecule has 0 atom stereocenters. The summed E-state index contributed by atoms with van der Waals surface area (Å²) in [6.45, 7) is 8.48. The van der Waals surface area contributed by atoms with Crippen LogP contribution in [0.2, 0.25) is 0 Å². The number of hydrogen-bond donors (Lipinski definition) is 1. The van der Waals surface area contributed by atoms with Crippen LogP contribution in [0.5, 0.6) is 0 Å². The standard InChI is InChI=1S/C18H15NO2.C9H19NS2.Ni/c1-2-21-18(20)16(13-19)17(14-9-5-3-6-10-14)15-11-7-4-8-12-15;1-3-5-7-10(9(11)12)8-6-4-2;/h3-12H,2H2,1H3;3-8H2,1-2H3,(H,11,12);. The van der Waals surface area contributed by atoms with Crippen molar-refractivity contribution in [1.29, 1.82) is 5.26 Å². The van der Waals surface area contributed by atoms with Crippen molar-refractivity contribution < 1.29 is 26.0 Å². The van der Waals surface area contributed by atoms with Crippen molar-refractivity contribution in [2.24, 2.45) is 0 Å². The Hall–Kier alpha value is -2.13. The average molecular weight is 541 g/mol. The number of ether oxygens (including phenoxy) is 1. The van der Waals surface area contributed by atoms with Gasteiger partial charge >= 0.3 is 5.97 Å². The van der Waals surface area contributed by atoms with Crippen molar-refractivity contribution in [3.63, 3.8) is 0 Å². The van der Waals surface area contributed by atoms with Gasteiger partial charge in [0, 0.05) is 35.2 Å². The molecule has 4 nitrogen and oxygen atoms in total. The zero-order chi connectivity index (χ0) is 24.5. The van der Waals surface area contributed by atoms with Gasteiger partial charge in [-0.15, -0.1) is 12.6 Å². The fourth-order valence-electron chi connectivity index (χ4n) is 3.07. The van der Waals surface area contributed by atoms with E-state index in [1.807, 2.05) is 66.7 Å². The van der Waals surface area contributed by atoms with Gasteiger partial charge in [0.2, 0.25) is 0 Å². The predicted molar refractivity (Wildman–Crippen MR) is 144 cm³/mol. The van der Waals surface area contributed by atoms with Gasteiger partial charge in [-0.25, -0.2) is 4.79 Å². The fraction of sp³-hybridized carbons (Fsp3) is 0.370. The second kappa shape index (κ2) is 19.2. The molecule has 0 unspecified atom stereocenters.